The minimum Gasteiger partial charge on any atom is -0.494 e. The molecule has 0 saturated carbocycles. The molecule has 2 aliphatic rings. The van der Waals surface area contributed by atoms with Crippen molar-refractivity contribution < 1.29 is 14.3 Å². The summed E-state index contributed by atoms with van der Waals surface area (Å²) >= 11 is 0. The lowest BCUT2D eigenvalue weighted by molar-refractivity contribution is -0.132. The first-order valence-electron chi connectivity index (χ1n) is 9.06. The summed E-state index contributed by atoms with van der Waals surface area (Å²) < 4.78 is 5.79. The van der Waals surface area contributed by atoms with E-state index in [-0.39, 0.29) is 11.8 Å². The first kappa shape index (κ1) is 16.8. The van der Waals surface area contributed by atoms with E-state index in [1.165, 1.54) is 6.42 Å². The topological polar surface area (TPSA) is 58.6 Å². The second kappa shape index (κ2) is 8.18. The van der Waals surface area contributed by atoms with E-state index in [2.05, 4.69) is 5.32 Å². The number of hydrogen-bond acceptors (Lipinski definition) is 3. The lowest BCUT2D eigenvalue weighted by Crippen LogP contribution is -2.35. The highest BCUT2D eigenvalue weighted by Gasteiger charge is 2.16. The van der Waals surface area contributed by atoms with E-state index in [1.807, 2.05) is 23.1 Å². The minimum atomic E-state index is 0.0821. The molecular formula is C19H26N2O3. The van der Waals surface area contributed by atoms with E-state index in [1.54, 1.807) is 0 Å². The molecule has 0 unspecified atom stereocenters. The van der Waals surface area contributed by atoms with Crippen molar-refractivity contribution in [3.05, 3.63) is 23.8 Å². The summed E-state index contributed by atoms with van der Waals surface area (Å²) in [5.41, 5.74) is 2.02. The van der Waals surface area contributed by atoms with Crippen LogP contribution in [0, 0.1) is 0 Å². The number of likely N-dealkylation sites (tertiary alicyclic amines) is 1. The number of carbonyl (C=O) groups excluding carboxylic acids is 2. The Morgan fingerprint density at radius 2 is 1.96 bits per heavy atom. The fourth-order valence-electron chi connectivity index (χ4n) is 3.36. The largest absolute Gasteiger partial charge is 0.494 e. The fraction of sp³-hybridized carbons (Fsp3) is 0.579. The van der Waals surface area contributed by atoms with E-state index in [0.29, 0.717) is 19.4 Å². The fourth-order valence-corrected chi connectivity index (χ4v) is 3.36. The summed E-state index contributed by atoms with van der Waals surface area (Å²) in [7, 11) is 0. The Balaban J connectivity index is 1.44. The second-order valence-corrected chi connectivity index (χ2v) is 6.61. The first-order valence-corrected chi connectivity index (χ1v) is 9.06. The van der Waals surface area contributed by atoms with Gasteiger partial charge in [0.2, 0.25) is 11.8 Å². The number of hydrogen-bond donors (Lipinski definition) is 1. The molecule has 24 heavy (non-hydrogen) atoms. The summed E-state index contributed by atoms with van der Waals surface area (Å²) in [6.07, 6.45) is 7.13. The Morgan fingerprint density at radius 3 is 2.79 bits per heavy atom. The zero-order chi connectivity index (χ0) is 16.8. The van der Waals surface area contributed by atoms with Crippen LogP contribution < -0.4 is 10.1 Å². The molecule has 1 saturated heterocycles. The van der Waals surface area contributed by atoms with E-state index < -0.39 is 0 Å². The van der Waals surface area contributed by atoms with Gasteiger partial charge in [-0.05, 0) is 62.3 Å². The van der Waals surface area contributed by atoms with Crippen LogP contribution in [0.2, 0.25) is 0 Å². The summed E-state index contributed by atoms with van der Waals surface area (Å²) in [6.45, 7) is 2.37. The van der Waals surface area contributed by atoms with Gasteiger partial charge in [0.25, 0.3) is 0 Å². The number of rotatable bonds is 5. The van der Waals surface area contributed by atoms with Gasteiger partial charge in [0.1, 0.15) is 5.75 Å². The van der Waals surface area contributed by atoms with Crippen molar-refractivity contribution in [3.8, 4) is 5.75 Å². The number of amides is 2. The SMILES string of the molecule is O=C1CCCc2cc(OCCCC(=O)N3CCCCC3)ccc2N1. The summed E-state index contributed by atoms with van der Waals surface area (Å²) in [6, 6.07) is 5.80. The van der Waals surface area contributed by atoms with Crippen LogP contribution in [0.1, 0.15) is 50.5 Å². The molecule has 2 heterocycles. The van der Waals surface area contributed by atoms with Gasteiger partial charge < -0.3 is 15.0 Å². The maximum absolute atomic E-state index is 12.1. The molecule has 5 nitrogen and oxygen atoms in total. The molecule has 0 radical (unpaired) electrons. The van der Waals surface area contributed by atoms with Crippen molar-refractivity contribution in [2.24, 2.45) is 0 Å². The second-order valence-electron chi connectivity index (χ2n) is 6.61. The Hall–Kier alpha value is -2.04. The summed E-state index contributed by atoms with van der Waals surface area (Å²) in [5, 5.41) is 2.92. The molecule has 0 bridgehead atoms. The molecule has 130 valence electrons. The summed E-state index contributed by atoms with van der Waals surface area (Å²) in [5.74, 6) is 1.15. The van der Waals surface area contributed by atoms with Crippen molar-refractivity contribution in [1.82, 2.24) is 4.90 Å². The molecule has 1 aromatic rings. The standard InChI is InChI=1S/C19H26N2O3/c22-18-7-4-6-15-14-16(9-10-17(15)20-18)24-13-5-8-19(23)21-11-2-1-3-12-21/h9-10,14H,1-8,11-13H2,(H,20,22). The Bertz CT molecular complexity index is 594. The number of benzene rings is 1. The molecule has 0 aromatic heterocycles. The molecule has 1 fully saturated rings. The molecular weight excluding hydrogens is 304 g/mol. The van der Waals surface area contributed by atoms with Gasteiger partial charge in [-0.2, -0.15) is 0 Å². The highest BCUT2D eigenvalue weighted by Crippen LogP contribution is 2.26. The number of nitrogens with one attached hydrogen (secondary N) is 1. The number of carbonyl (C=O) groups is 2. The third kappa shape index (κ3) is 4.49. The molecule has 2 aliphatic heterocycles. The Morgan fingerprint density at radius 1 is 1.12 bits per heavy atom. The molecule has 0 aliphatic carbocycles. The van der Waals surface area contributed by atoms with Crippen molar-refractivity contribution in [2.75, 3.05) is 25.0 Å². The minimum absolute atomic E-state index is 0.0821. The van der Waals surface area contributed by atoms with Gasteiger partial charge in [0.15, 0.2) is 0 Å². The maximum atomic E-state index is 12.1. The molecule has 1 N–H and O–H groups in total. The van der Waals surface area contributed by atoms with Crippen molar-refractivity contribution in [2.45, 2.75) is 51.4 Å². The highest BCUT2D eigenvalue weighted by atomic mass is 16.5. The number of ether oxygens (including phenoxy) is 1. The van der Waals surface area contributed by atoms with Crippen LogP contribution >= 0.6 is 0 Å². The summed E-state index contributed by atoms with van der Waals surface area (Å²) in [4.78, 5) is 25.6. The van der Waals surface area contributed by atoms with Crippen LogP contribution in [0.15, 0.2) is 18.2 Å². The van der Waals surface area contributed by atoms with Crippen LogP contribution in [0.25, 0.3) is 0 Å². The van der Waals surface area contributed by atoms with Gasteiger partial charge in [0.05, 0.1) is 6.61 Å². The first-order chi connectivity index (χ1) is 11.7. The smallest absolute Gasteiger partial charge is 0.224 e. The lowest BCUT2D eigenvalue weighted by atomic mass is 10.1. The highest BCUT2D eigenvalue weighted by molar-refractivity contribution is 5.92. The van der Waals surface area contributed by atoms with Gasteiger partial charge in [-0.1, -0.05) is 0 Å². The normalized spacial score (nSPS) is 17.7. The zero-order valence-electron chi connectivity index (χ0n) is 14.2. The third-order valence-corrected chi connectivity index (χ3v) is 4.71. The van der Waals surface area contributed by atoms with E-state index in [0.717, 1.165) is 62.2 Å². The number of fused-ring (bicyclic) bond motifs is 1. The average Bonchev–Trinajstić information content (AvgIpc) is 2.79. The lowest BCUT2D eigenvalue weighted by Gasteiger charge is -2.26. The van der Waals surface area contributed by atoms with E-state index >= 15 is 0 Å². The number of aryl methyl sites for hydroxylation is 1. The maximum Gasteiger partial charge on any atom is 0.224 e. The van der Waals surface area contributed by atoms with Crippen LogP contribution in [0.5, 0.6) is 5.75 Å². The Labute approximate surface area is 143 Å². The van der Waals surface area contributed by atoms with Gasteiger partial charge in [-0.25, -0.2) is 0 Å². The van der Waals surface area contributed by atoms with E-state index in [4.69, 9.17) is 4.74 Å². The molecule has 0 atom stereocenters. The molecule has 3 rings (SSSR count). The quantitative estimate of drug-likeness (QED) is 0.844. The number of nitrogens with zero attached hydrogens (tertiary/aromatic N) is 1. The van der Waals surface area contributed by atoms with Crippen molar-refractivity contribution in [3.63, 3.8) is 0 Å². The van der Waals surface area contributed by atoms with Gasteiger partial charge in [-0.3, -0.25) is 9.59 Å². The molecule has 1 aromatic carbocycles. The third-order valence-electron chi connectivity index (χ3n) is 4.71. The van der Waals surface area contributed by atoms with Crippen molar-refractivity contribution >= 4 is 17.5 Å². The van der Waals surface area contributed by atoms with Crippen molar-refractivity contribution in [1.29, 1.82) is 0 Å². The zero-order valence-corrected chi connectivity index (χ0v) is 14.2. The number of piperidine rings is 1. The molecule has 5 heteroatoms. The van der Waals surface area contributed by atoms with Crippen LogP contribution in [-0.4, -0.2) is 36.4 Å². The average molecular weight is 330 g/mol. The van der Waals surface area contributed by atoms with E-state index in [9.17, 15) is 9.59 Å². The van der Waals surface area contributed by atoms with Gasteiger partial charge in [0, 0.05) is 31.6 Å². The Kier molecular flexibility index (Phi) is 5.72. The van der Waals surface area contributed by atoms with Gasteiger partial charge >= 0.3 is 0 Å². The molecule has 2 amide bonds. The monoisotopic (exact) mass is 330 g/mol. The van der Waals surface area contributed by atoms with Gasteiger partial charge in [-0.15, -0.1) is 0 Å². The predicted molar refractivity (Wildman–Crippen MR) is 93.2 cm³/mol. The van der Waals surface area contributed by atoms with Crippen LogP contribution in [0.4, 0.5) is 5.69 Å². The number of anilines is 1. The van der Waals surface area contributed by atoms with Crippen LogP contribution in [0.3, 0.4) is 0 Å². The van der Waals surface area contributed by atoms with Crippen LogP contribution in [-0.2, 0) is 16.0 Å². The molecule has 0 spiro atoms. The predicted octanol–water partition coefficient (Wildman–Crippen LogP) is 3.13.